The highest BCUT2D eigenvalue weighted by Gasteiger charge is 2.04. The van der Waals surface area contributed by atoms with Crippen molar-refractivity contribution in [2.24, 2.45) is 0 Å². The highest BCUT2D eigenvalue weighted by molar-refractivity contribution is 7.99. The molecular formula is C13H17N3S. The molecule has 0 aliphatic heterocycles. The van der Waals surface area contributed by atoms with Crippen LogP contribution in [0, 0.1) is 0 Å². The number of nitrogen functional groups attached to an aromatic ring is 1. The van der Waals surface area contributed by atoms with Crippen molar-refractivity contribution < 1.29 is 0 Å². The average Bonchev–Trinajstić information content (AvgIpc) is 2.79. The zero-order chi connectivity index (χ0) is 12.1. The zero-order valence-electron chi connectivity index (χ0n) is 9.97. The smallest absolute Gasteiger partial charge is 0.139 e. The Hall–Kier alpha value is -1.42. The van der Waals surface area contributed by atoms with Crippen LogP contribution in [0.3, 0.4) is 0 Å². The molecule has 1 heterocycles. The average molecular weight is 247 g/mol. The maximum Gasteiger partial charge on any atom is 0.139 e. The van der Waals surface area contributed by atoms with Crippen LogP contribution in [-0.2, 0) is 6.54 Å². The third kappa shape index (κ3) is 3.03. The number of benzene rings is 1. The Kier molecular flexibility index (Phi) is 4.09. The molecule has 0 aliphatic carbocycles. The van der Waals surface area contributed by atoms with Gasteiger partial charge in [0.15, 0.2) is 0 Å². The second kappa shape index (κ2) is 5.77. The minimum Gasteiger partial charge on any atom is -0.399 e. The van der Waals surface area contributed by atoms with Gasteiger partial charge in [-0.25, -0.2) is 4.98 Å². The van der Waals surface area contributed by atoms with E-state index in [4.69, 9.17) is 5.73 Å². The van der Waals surface area contributed by atoms with Crippen LogP contribution >= 0.6 is 11.8 Å². The summed E-state index contributed by atoms with van der Waals surface area (Å²) in [6.07, 6.45) is 3.88. The predicted octanol–water partition coefficient (Wildman–Crippen LogP) is 2.89. The lowest BCUT2D eigenvalue weighted by atomic mass is 10.2. The van der Waals surface area contributed by atoms with E-state index in [1.54, 1.807) is 0 Å². The molecule has 2 aromatic rings. The Balaban J connectivity index is 2.15. The molecule has 0 spiro atoms. The molecule has 0 aliphatic rings. The van der Waals surface area contributed by atoms with Crippen molar-refractivity contribution in [2.45, 2.75) is 13.5 Å². The first-order valence-electron chi connectivity index (χ1n) is 5.76. The number of anilines is 1. The second-order valence-corrected chi connectivity index (χ2v) is 5.16. The number of nitrogens with two attached hydrogens (primary N) is 1. The topological polar surface area (TPSA) is 43.8 Å². The van der Waals surface area contributed by atoms with Crippen LogP contribution in [0.1, 0.15) is 6.92 Å². The van der Waals surface area contributed by atoms with E-state index in [1.807, 2.05) is 48.4 Å². The fourth-order valence-electron chi connectivity index (χ4n) is 1.69. The van der Waals surface area contributed by atoms with E-state index in [2.05, 4.69) is 16.5 Å². The third-order valence-corrected chi connectivity index (χ3v) is 3.44. The molecule has 90 valence electrons. The molecule has 0 unspecified atom stereocenters. The Morgan fingerprint density at radius 1 is 1.29 bits per heavy atom. The van der Waals surface area contributed by atoms with Gasteiger partial charge in [0.1, 0.15) is 5.82 Å². The van der Waals surface area contributed by atoms with Crippen LogP contribution in [0.4, 0.5) is 5.69 Å². The minimum atomic E-state index is 0.786. The minimum absolute atomic E-state index is 0.786. The van der Waals surface area contributed by atoms with Gasteiger partial charge >= 0.3 is 0 Å². The van der Waals surface area contributed by atoms with Gasteiger partial charge in [0.25, 0.3) is 0 Å². The van der Waals surface area contributed by atoms with Crippen LogP contribution in [0.2, 0.25) is 0 Å². The third-order valence-electron chi connectivity index (χ3n) is 2.57. The summed E-state index contributed by atoms with van der Waals surface area (Å²) in [6.45, 7) is 3.18. The van der Waals surface area contributed by atoms with Crippen LogP contribution < -0.4 is 5.73 Å². The first-order chi connectivity index (χ1) is 8.31. The first-order valence-corrected chi connectivity index (χ1v) is 6.91. The largest absolute Gasteiger partial charge is 0.399 e. The quantitative estimate of drug-likeness (QED) is 0.652. The van der Waals surface area contributed by atoms with E-state index in [0.29, 0.717) is 0 Å². The van der Waals surface area contributed by atoms with Crippen molar-refractivity contribution in [3.8, 4) is 11.4 Å². The molecule has 0 bridgehead atoms. The molecule has 0 atom stereocenters. The van der Waals surface area contributed by atoms with Gasteiger partial charge in [0.2, 0.25) is 0 Å². The number of thioether (sulfide) groups is 1. The zero-order valence-corrected chi connectivity index (χ0v) is 10.8. The van der Waals surface area contributed by atoms with E-state index >= 15 is 0 Å². The molecule has 0 saturated heterocycles. The van der Waals surface area contributed by atoms with Crippen molar-refractivity contribution in [2.75, 3.05) is 17.2 Å². The molecule has 1 aromatic heterocycles. The van der Waals surface area contributed by atoms with Crippen LogP contribution in [-0.4, -0.2) is 21.1 Å². The summed E-state index contributed by atoms with van der Waals surface area (Å²) < 4.78 is 2.19. The molecule has 0 radical (unpaired) electrons. The van der Waals surface area contributed by atoms with Gasteiger partial charge in [0.05, 0.1) is 0 Å². The van der Waals surface area contributed by atoms with Gasteiger partial charge in [-0.1, -0.05) is 6.92 Å². The number of nitrogens with zero attached hydrogens (tertiary/aromatic N) is 2. The lowest BCUT2D eigenvalue weighted by molar-refractivity contribution is 0.780. The predicted molar refractivity (Wildman–Crippen MR) is 75.1 cm³/mol. The summed E-state index contributed by atoms with van der Waals surface area (Å²) in [7, 11) is 0. The van der Waals surface area contributed by atoms with E-state index in [0.717, 1.165) is 35.1 Å². The molecule has 17 heavy (non-hydrogen) atoms. The van der Waals surface area contributed by atoms with Gasteiger partial charge < -0.3 is 10.3 Å². The summed E-state index contributed by atoms with van der Waals surface area (Å²) in [6, 6.07) is 7.85. The molecule has 3 nitrogen and oxygen atoms in total. The molecule has 2 rings (SSSR count). The van der Waals surface area contributed by atoms with Crippen molar-refractivity contribution in [1.82, 2.24) is 9.55 Å². The Labute approximate surface area is 106 Å². The van der Waals surface area contributed by atoms with Crippen molar-refractivity contribution in [3.63, 3.8) is 0 Å². The Morgan fingerprint density at radius 3 is 2.76 bits per heavy atom. The first kappa shape index (κ1) is 12.0. The normalized spacial score (nSPS) is 10.6. The van der Waals surface area contributed by atoms with Crippen LogP contribution in [0.15, 0.2) is 36.7 Å². The fraction of sp³-hybridized carbons (Fsp3) is 0.308. The number of aryl methyl sites for hydroxylation is 1. The maximum absolute atomic E-state index is 5.69. The summed E-state index contributed by atoms with van der Waals surface area (Å²) in [5, 5.41) is 0. The van der Waals surface area contributed by atoms with E-state index in [9.17, 15) is 0 Å². The number of hydrogen-bond acceptors (Lipinski definition) is 3. The van der Waals surface area contributed by atoms with Crippen LogP contribution in [0.25, 0.3) is 11.4 Å². The summed E-state index contributed by atoms with van der Waals surface area (Å²) in [5.41, 5.74) is 7.59. The standard InChI is InChI=1S/C13H17N3S/c1-2-17-10-9-16-8-7-15-13(16)11-3-5-12(14)6-4-11/h3-8H,2,9-10,14H2,1H3. The summed E-state index contributed by atoms with van der Waals surface area (Å²) in [5.74, 6) is 3.29. The number of aromatic nitrogens is 2. The van der Waals surface area contributed by atoms with E-state index < -0.39 is 0 Å². The Morgan fingerprint density at radius 2 is 2.06 bits per heavy atom. The molecule has 1 aromatic carbocycles. The van der Waals surface area contributed by atoms with Gasteiger partial charge in [0, 0.05) is 35.9 Å². The van der Waals surface area contributed by atoms with Crippen molar-refractivity contribution in [3.05, 3.63) is 36.7 Å². The molecule has 0 saturated carbocycles. The highest BCUT2D eigenvalue weighted by Crippen LogP contribution is 2.19. The van der Waals surface area contributed by atoms with E-state index in [-0.39, 0.29) is 0 Å². The molecule has 0 amide bonds. The van der Waals surface area contributed by atoms with Gasteiger partial charge in [-0.15, -0.1) is 0 Å². The molecule has 4 heteroatoms. The monoisotopic (exact) mass is 247 g/mol. The van der Waals surface area contributed by atoms with Gasteiger partial charge in [-0.2, -0.15) is 11.8 Å². The number of imidazole rings is 1. The summed E-state index contributed by atoms with van der Waals surface area (Å²) >= 11 is 1.94. The number of hydrogen-bond donors (Lipinski definition) is 1. The maximum atomic E-state index is 5.69. The SMILES string of the molecule is CCSCCn1ccnc1-c1ccc(N)cc1. The number of rotatable bonds is 5. The Bertz CT molecular complexity index is 462. The lowest BCUT2D eigenvalue weighted by Crippen LogP contribution is -2.02. The second-order valence-electron chi connectivity index (χ2n) is 3.76. The van der Waals surface area contributed by atoms with Crippen molar-refractivity contribution >= 4 is 17.4 Å². The van der Waals surface area contributed by atoms with Gasteiger partial charge in [-0.3, -0.25) is 0 Å². The molecular weight excluding hydrogens is 230 g/mol. The van der Waals surface area contributed by atoms with Crippen molar-refractivity contribution in [1.29, 1.82) is 0 Å². The fourth-order valence-corrected chi connectivity index (χ4v) is 2.30. The van der Waals surface area contributed by atoms with Gasteiger partial charge in [-0.05, 0) is 30.0 Å². The van der Waals surface area contributed by atoms with E-state index in [1.165, 1.54) is 0 Å². The molecule has 2 N–H and O–H groups in total. The summed E-state index contributed by atoms with van der Waals surface area (Å²) in [4.78, 5) is 4.41. The lowest BCUT2D eigenvalue weighted by Gasteiger charge is -2.07. The molecule has 0 fully saturated rings. The van der Waals surface area contributed by atoms with Crippen LogP contribution in [0.5, 0.6) is 0 Å². The highest BCUT2D eigenvalue weighted by atomic mass is 32.2.